The molecular formula is C16H24INO2. The zero-order chi connectivity index (χ0) is 14.2. The van der Waals surface area contributed by atoms with Crippen molar-refractivity contribution in [1.82, 2.24) is 0 Å². The van der Waals surface area contributed by atoms with Gasteiger partial charge in [-0.05, 0) is 18.6 Å². The maximum Gasteiger partial charge on any atom is 0.304 e. The Labute approximate surface area is 138 Å². The summed E-state index contributed by atoms with van der Waals surface area (Å²) >= 11 is 0. The maximum absolute atomic E-state index is 11.3. The number of halogens is 1. The predicted octanol–water partition coefficient (Wildman–Crippen LogP) is 4.09. The second-order valence-corrected chi connectivity index (χ2v) is 5.79. The van der Waals surface area contributed by atoms with E-state index in [2.05, 4.69) is 43.9 Å². The minimum Gasteiger partial charge on any atom is -0.442 e. The average molecular weight is 389 g/mol. The second-order valence-electron chi connectivity index (χ2n) is 5.79. The highest BCUT2D eigenvalue weighted by Gasteiger charge is 2.44. The van der Waals surface area contributed by atoms with Gasteiger partial charge in [0.15, 0.2) is 6.23 Å². The van der Waals surface area contributed by atoms with Gasteiger partial charge in [0.05, 0.1) is 0 Å². The smallest absolute Gasteiger partial charge is 0.304 e. The molecule has 0 saturated carbocycles. The van der Waals surface area contributed by atoms with Crippen molar-refractivity contribution in [3.8, 4) is 0 Å². The van der Waals surface area contributed by atoms with Crippen LogP contribution < -0.4 is 4.90 Å². The predicted molar refractivity (Wildman–Crippen MR) is 92.7 cm³/mol. The topological polar surface area (TPSA) is 29.5 Å². The first-order chi connectivity index (χ1) is 8.89. The molecule has 1 aliphatic rings. The first-order valence-electron chi connectivity index (χ1n) is 6.94. The molecule has 2 atom stereocenters. The second kappa shape index (κ2) is 6.33. The Balaban J connectivity index is 0.00000200. The quantitative estimate of drug-likeness (QED) is 0.576. The molecular weight excluding hydrogens is 365 g/mol. The summed E-state index contributed by atoms with van der Waals surface area (Å²) in [6.07, 6.45) is 0.601. The number of carbonyl (C=O) groups excluding carboxylic acids is 1. The van der Waals surface area contributed by atoms with Crippen LogP contribution in [0.15, 0.2) is 24.3 Å². The lowest BCUT2D eigenvalue weighted by Gasteiger charge is -2.36. The molecule has 2 rings (SSSR count). The molecule has 0 spiro atoms. The highest BCUT2D eigenvalue weighted by molar-refractivity contribution is 14.0. The van der Waals surface area contributed by atoms with Crippen molar-refractivity contribution < 1.29 is 9.53 Å². The summed E-state index contributed by atoms with van der Waals surface area (Å²) in [6.45, 7) is 10.2. The van der Waals surface area contributed by atoms with E-state index in [9.17, 15) is 4.79 Å². The molecule has 112 valence electrons. The van der Waals surface area contributed by atoms with Crippen molar-refractivity contribution in [2.45, 2.75) is 58.7 Å². The first-order valence-corrected chi connectivity index (χ1v) is 6.94. The summed E-state index contributed by atoms with van der Waals surface area (Å²) in [4.78, 5) is 13.5. The zero-order valence-corrected chi connectivity index (χ0v) is 15.2. The molecule has 2 unspecified atom stereocenters. The van der Waals surface area contributed by atoms with Gasteiger partial charge in [-0.15, -0.1) is 24.0 Å². The number of rotatable bonds is 3. The van der Waals surface area contributed by atoms with Crippen molar-refractivity contribution in [2.75, 3.05) is 4.90 Å². The van der Waals surface area contributed by atoms with Crippen molar-refractivity contribution in [2.24, 2.45) is 0 Å². The molecule has 0 N–H and O–H groups in total. The van der Waals surface area contributed by atoms with Gasteiger partial charge >= 0.3 is 5.97 Å². The molecule has 0 aliphatic carbocycles. The van der Waals surface area contributed by atoms with Gasteiger partial charge in [0.25, 0.3) is 0 Å². The molecule has 0 amide bonds. The van der Waals surface area contributed by atoms with E-state index in [1.807, 2.05) is 13.0 Å². The standard InChI is InChI=1S/C16H23NO2.HI/c1-6-15(19-12(3)18)17-11(2)16(4,5)13-9-7-8-10-14(13)17;/h7-11,15H,6H2,1-5H3;1H. The number of nitrogens with zero attached hydrogens (tertiary/aromatic N) is 1. The van der Waals surface area contributed by atoms with Crippen molar-refractivity contribution >= 4 is 35.6 Å². The number of esters is 1. The van der Waals surface area contributed by atoms with Gasteiger partial charge in [-0.3, -0.25) is 4.79 Å². The highest BCUT2D eigenvalue weighted by Crippen LogP contribution is 2.46. The van der Waals surface area contributed by atoms with Crippen LogP contribution in [0.5, 0.6) is 0 Å². The summed E-state index contributed by atoms with van der Waals surface area (Å²) in [5.74, 6) is -0.221. The largest absolute Gasteiger partial charge is 0.442 e. The summed E-state index contributed by atoms with van der Waals surface area (Å²) in [5.41, 5.74) is 2.57. The molecule has 4 heteroatoms. The van der Waals surface area contributed by atoms with Gasteiger partial charge in [0.1, 0.15) is 0 Å². The van der Waals surface area contributed by atoms with Crippen LogP contribution in [0.3, 0.4) is 0 Å². The normalized spacial score (nSPS) is 20.9. The van der Waals surface area contributed by atoms with Crippen molar-refractivity contribution in [1.29, 1.82) is 0 Å². The van der Waals surface area contributed by atoms with E-state index in [4.69, 9.17) is 4.74 Å². The van der Waals surface area contributed by atoms with Gasteiger partial charge in [-0.2, -0.15) is 0 Å². The number of para-hydroxylation sites is 1. The minimum absolute atomic E-state index is 0. The first kappa shape index (κ1) is 17.3. The van der Waals surface area contributed by atoms with Crippen LogP contribution in [0, 0.1) is 0 Å². The van der Waals surface area contributed by atoms with Crippen LogP contribution >= 0.6 is 24.0 Å². The summed E-state index contributed by atoms with van der Waals surface area (Å²) < 4.78 is 5.49. The van der Waals surface area contributed by atoms with Crippen LogP contribution in [-0.4, -0.2) is 18.2 Å². The van der Waals surface area contributed by atoms with Gasteiger partial charge in [-0.25, -0.2) is 0 Å². The maximum atomic E-state index is 11.3. The molecule has 0 saturated heterocycles. The van der Waals surface area contributed by atoms with E-state index in [1.165, 1.54) is 18.2 Å². The fourth-order valence-corrected chi connectivity index (χ4v) is 2.96. The van der Waals surface area contributed by atoms with E-state index in [1.54, 1.807) is 0 Å². The number of hydrogen-bond acceptors (Lipinski definition) is 3. The molecule has 20 heavy (non-hydrogen) atoms. The lowest BCUT2D eigenvalue weighted by molar-refractivity contribution is -0.146. The van der Waals surface area contributed by atoms with Crippen molar-refractivity contribution in [3.05, 3.63) is 29.8 Å². The third-order valence-corrected chi connectivity index (χ3v) is 4.30. The van der Waals surface area contributed by atoms with Gasteiger partial charge < -0.3 is 9.64 Å². The Hall–Kier alpha value is -0.780. The zero-order valence-electron chi connectivity index (χ0n) is 12.8. The minimum atomic E-state index is -0.221. The molecule has 0 aromatic heterocycles. The van der Waals surface area contributed by atoms with Crippen LogP contribution in [-0.2, 0) is 14.9 Å². The Bertz CT molecular complexity index is 487. The fourth-order valence-electron chi connectivity index (χ4n) is 2.96. The number of ether oxygens (including phenoxy) is 1. The molecule has 0 radical (unpaired) electrons. The third-order valence-electron chi connectivity index (χ3n) is 4.30. The molecule has 1 aromatic rings. The van der Waals surface area contributed by atoms with E-state index in [-0.39, 0.29) is 41.6 Å². The van der Waals surface area contributed by atoms with Crippen LogP contribution in [0.1, 0.15) is 46.6 Å². The Morgan fingerprint density at radius 1 is 1.40 bits per heavy atom. The van der Waals surface area contributed by atoms with Gasteiger partial charge in [-0.1, -0.05) is 39.0 Å². The van der Waals surface area contributed by atoms with E-state index < -0.39 is 0 Å². The monoisotopic (exact) mass is 389 g/mol. The van der Waals surface area contributed by atoms with E-state index in [0.717, 1.165) is 6.42 Å². The third kappa shape index (κ3) is 2.80. The lowest BCUT2D eigenvalue weighted by Crippen LogP contribution is -2.46. The summed E-state index contributed by atoms with van der Waals surface area (Å²) in [6, 6.07) is 8.71. The van der Waals surface area contributed by atoms with Crippen molar-refractivity contribution in [3.63, 3.8) is 0 Å². The molecule has 1 heterocycles. The number of carbonyl (C=O) groups is 1. The van der Waals surface area contributed by atoms with Gasteiger partial charge in [0.2, 0.25) is 0 Å². The summed E-state index contributed by atoms with van der Waals surface area (Å²) in [7, 11) is 0. The Morgan fingerprint density at radius 2 is 2.00 bits per heavy atom. The van der Waals surface area contributed by atoms with Crippen LogP contribution in [0.4, 0.5) is 5.69 Å². The number of hydrogen-bond donors (Lipinski definition) is 0. The van der Waals surface area contributed by atoms with Gasteiger partial charge in [0, 0.05) is 30.5 Å². The SMILES string of the molecule is CCC(OC(C)=O)N1c2ccccc2C(C)(C)C1C.I. The molecule has 0 fully saturated rings. The van der Waals surface area contributed by atoms with E-state index >= 15 is 0 Å². The summed E-state index contributed by atoms with van der Waals surface area (Å²) in [5, 5.41) is 0. The highest BCUT2D eigenvalue weighted by atomic mass is 127. The average Bonchev–Trinajstić information content (AvgIpc) is 2.56. The molecule has 3 nitrogen and oxygen atoms in total. The molecule has 1 aliphatic heterocycles. The molecule has 0 bridgehead atoms. The Kier molecular flexibility index (Phi) is 5.46. The van der Waals surface area contributed by atoms with Crippen LogP contribution in [0.2, 0.25) is 0 Å². The lowest BCUT2D eigenvalue weighted by atomic mass is 9.81. The van der Waals surface area contributed by atoms with Crippen LogP contribution in [0.25, 0.3) is 0 Å². The fraction of sp³-hybridized carbons (Fsp3) is 0.562. The van der Waals surface area contributed by atoms with E-state index in [0.29, 0.717) is 6.04 Å². The number of anilines is 1. The molecule has 1 aromatic carbocycles. The Morgan fingerprint density at radius 3 is 2.55 bits per heavy atom. The number of benzene rings is 1. The number of fused-ring (bicyclic) bond motifs is 1.